The van der Waals surface area contributed by atoms with Crippen LogP contribution in [-0.4, -0.2) is 59.1 Å². The van der Waals surface area contributed by atoms with Crippen molar-refractivity contribution in [1.82, 2.24) is 9.80 Å². The van der Waals surface area contributed by atoms with Crippen molar-refractivity contribution in [2.75, 3.05) is 13.7 Å². The van der Waals surface area contributed by atoms with E-state index in [1.165, 1.54) is 7.11 Å². The summed E-state index contributed by atoms with van der Waals surface area (Å²) in [4.78, 5) is 43.1. The Morgan fingerprint density at radius 2 is 1.60 bits per heavy atom. The van der Waals surface area contributed by atoms with Gasteiger partial charge in [0.1, 0.15) is 11.6 Å². The lowest BCUT2D eigenvalue weighted by Gasteiger charge is -2.40. The first-order valence-electron chi connectivity index (χ1n) is 12.2. The van der Waals surface area contributed by atoms with Crippen LogP contribution < -0.4 is 0 Å². The molecule has 0 saturated carbocycles. The van der Waals surface area contributed by atoms with Crippen LogP contribution in [0.1, 0.15) is 56.2 Å². The van der Waals surface area contributed by atoms with Crippen LogP contribution in [0.15, 0.2) is 54.6 Å². The Morgan fingerprint density at radius 1 is 0.943 bits per heavy atom. The van der Waals surface area contributed by atoms with Gasteiger partial charge in [0, 0.05) is 25.0 Å². The first-order chi connectivity index (χ1) is 16.7. The van der Waals surface area contributed by atoms with Gasteiger partial charge in [-0.3, -0.25) is 14.5 Å². The molecule has 2 aliphatic heterocycles. The van der Waals surface area contributed by atoms with Crippen LogP contribution in [0, 0.1) is 0 Å². The van der Waals surface area contributed by atoms with Gasteiger partial charge in [-0.25, -0.2) is 4.79 Å². The Kier molecular flexibility index (Phi) is 7.15. The summed E-state index contributed by atoms with van der Waals surface area (Å²) >= 11 is 0. The molecule has 186 valence electrons. The van der Waals surface area contributed by atoms with Gasteiger partial charge in [-0.2, -0.15) is 0 Å². The zero-order chi connectivity index (χ0) is 25.2. The summed E-state index contributed by atoms with van der Waals surface area (Å²) in [7, 11) is 1.36. The fourth-order valence-corrected chi connectivity index (χ4v) is 5.15. The molecule has 35 heavy (non-hydrogen) atoms. The Morgan fingerprint density at radius 3 is 2.26 bits per heavy atom. The quantitative estimate of drug-likeness (QED) is 0.613. The van der Waals surface area contributed by atoms with Gasteiger partial charge < -0.3 is 14.4 Å². The third kappa shape index (κ3) is 5.50. The molecule has 0 aromatic heterocycles. The van der Waals surface area contributed by atoms with Crippen molar-refractivity contribution in [3.05, 3.63) is 71.3 Å². The van der Waals surface area contributed by atoms with Crippen LogP contribution in [0.4, 0.5) is 4.79 Å². The normalized spacial score (nSPS) is 21.9. The highest BCUT2D eigenvalue weighted by molar-refractivity contribution is 5.88. The van der Waals surface area contributed by atoms with E-state index in [0.717, 1.165) is 16.7 Å². The van der Waals surface area contributed by atoms with Gasteiger partial charge in [0.2, 0.25) is 5.91 Å². The molecule has 3 atom stereocenters. The standard InChI is InChI=1S/C28H34N2O5/c1-28(2,3)35-27(33)29-15-14-23(19-10-6-5-7-11-19)25(29)26(32)30-18-21-13-9-8-12-20(21)16-22(30)17-24(31)34-4/h5-13,22-23,25H,14-18H2,1-4H3/t22-,23+,25-/m1/s1. The maximum absolute atomic E-state index is 14.3. The first-order valence-corrected chi connectivity index (χ1v) is 12.2. The van der Waals surface area contributed by atoms with Crippen molar-refractivity contribution in [2.24, 2.45) is 0 Å². The zero-order valence-corrected chi connectivity index (χ0v) is 20.9. The third-order valence-electron chi connectivity index (χ3n) is 6.78. The van der Waals surface area contributed by atoms with E-state index >= 15 is 0 Å². The molecule has 0 unspecified atom stereocenters. The Bertz CT molecular complexity index is 1080. The van der Waals surface area contributed by atoms with E-state index in [-0.39, 0.29) is 30.3 Å². The second kappa shape index (κ2) is 10.1. The van der Waals surface area contributed by atoms with Gasteiger partial charge in [-0.1, -0.05) is 54.6 Å². The van der Waals surface area contributed by atoms with E-state index in [1.54, 1.807) is 9.80 Å². The number of nitrogens with zero attached hydrogens (tertiary/aromatic N) is 2. The minimum atomic E-state index is -0.711. The van der Waals surface area contributed by atoms with Gasteiger partial charge in [0.15, 0.2) is 0 Å². The summed E-state index contributed by atoms with van der Waals surface area (Å²) in [6.45, 7) is 6.27. The molecular weight excluding hydrogens is 444 g/mol. The number of ether oxygens (including phenoxy) is 2. The Balaban J connectivity index is 1.70. The molecule has 0 bridgehead atoms. The highest BCUT2D eigenvalue weighted by Crippen LogP contribution is 2.37. The minimum Gasteiger partial charge on any atom is -0.469 e. The molecule has 0 spiro atoms. The lowest BCUT2D eigenvalue weighted by molar-refractivity contribution is -0.146. The molecule has 2 aromatic carbocycles. The first kappa shape index (κ1) is 24.8. The number of methoxy groups -OCH3 is 1. The average molecular weight is 479 g/mol. The molecular formula is C28H34N2O5. The van der Waals surface area contributed by atoms with Crippen LogP contribution in [0.3, 0.4) is 0 Å². The lowest BCUT2D eigenvalue weighted by Crippen LogP contribution is -2.55. The summed E-state index contributed by atoms with van der Waals surface area (Å²) in [5.74, 6) is -0.681. The average Bonchev–Trinajstić information content (AvgIpc) is 3.28. The number of likely N-dealkylation sites (tertiary alicyclic amines) is 1. The van der Waals surface area contributed by atoms with Gasteiger partial charge in [0.25, 0.3) is 0 Å². The molecule has 2 amide bonds. The third-order valence-corrected chi connectivity index (χ3v) is 6.78. The zero-order valence-electron chi connectivity index (χ0n) is 20.9. The number of carbonyl (C=O) groups excluding carboxylic acids is 3. The number of carbonyl (C=O) groups is 3. The van der Waals surface area contributed by atoms with Crippen LogP contribution >= 0.6 is 0 Å². The fourth-order valence-electron chi connectivity index (χ4n) is 5.15. The van der Waals surface area contributed by atoms with Crippen molar-refractivity contribution in [3.63, 3.8) is 0 Å². The fraction of sp³-hybridized carbons (Fsp3) is 0.464. The smallest absolute Gasteiger partial charge is 0.410 e. The second-order valence-corrected chi connectivity index (χ2v) is 10.3. The minimum absolute atomic E-state index is 0.103. The van der Waals surface area contributed by atoms with Gasteiger partial charge in [-0.15, -0.1) is 0 Å². The number of fused-ring (bicyclic) bond motifs is 1. The molecule has 4 rings (SSSR count). The van der Waals surface area contributed by atoms with Crippen molar-refractivity contribution in [3.8, 4) is 0 Å². The number of hydrogen-bond donors (Lipinski definition) is 0. The van der Waals surface area contributed by atoms with Crippen molar-refractivity contribution < 1.29 is 23.9 Å². The summed E-state index contributed by atoms with van der Waals surface area (Å²) < 4.78 is 10.6. The number of rotatable bonds is 4. The van der Waals surface area contributed by atoms with Crippen LogP contribution in [0.5, 0.6) is 0 Å². The highest BCUT2D eigenvalue weighted by Gasteiger charge is 2.47. The SMILES string of the molecule is COC(=O)C[C@H]1Cc2ccccc2CN1C(=O)[C@H]1[C@H](c2ccccc2)CCN1C(=O)OC(C)(C)C. The highest BCUT2D eigenvalue weighted by atomic mass is 16.6. The van der Waals surface area contributed by atoms with E-state index < -0.39 is 17.7 Å². The monoisotopic (exact) mass is 478 g/mol. The number of esters is 1. The predicted molar refractivity (Wildman–Crippen MR) is 132 cm³/mol. The Labute approximate surface area is 207 Å². The van der Waals surface area contributed by atoms with Crippen molar-refractivity contribution >= 4 is 18.0 Å². The van der Waals surface area contributed by atoms with Gasteiger partial charge in [0.05, 0.1) is 13.5 Å². The van der Waals surface area contributed by atoms with Crippen LogP contribution in [-0.2, 0) is 32.0 Å². The van der Waals surface area contributed by atoms with Crippen molar-refractivity contribution in [2.45, 2.75) is 70.2 Å². The predicted octanol–water partition coefficient (Wildman–Crippen LogP) is 4.30. The van der Waals surface area contributed by atoms with Gasteiger partial charge >= 0.3 is 12.1 Å². The molecule has 2 heterocycles. The number of benzene rings is 2. The second-order valence-electron chi connectivity index (χ2n) is 10.3. The van der Waals surface area contributed by atoms with Crippen LogP contribution in [0.2, 0.25) is 0 Å². The van der Waals surface area contributed by atoms with E-state index in [4.69, 9.17) is 9.47 Å². The molecule has 7 nitrogen and oxygen atoms in total. The van der Waals surface area contributed by atoms with E-state index in [2.05, 4.69) is 0 Å². The molecule has 0 aliphatic carbocycles. The number of amides is 2. The summed E-state index contributed by atoms with van der Waals surface area (Å²) in [5.41, 5.74) is 2.52. The van der Waals surface area contributed by atoms with E-state index in [1.807, 2.05) is 75.4 Å². The number of hydrogen-bond acceptors (Lipinski definition) is 5. The molecule has 0 N–H and O–H groups in total. The van der Waals surface area contributed by atoms with E-state index in [0.29, 0.717) is 25.9 Å². The summed E-state index contributed by atoms with van der Waals surface area (Å²) in [5, 5.41) is 0. The molecule has 7 heteroatoms. The summed E-state index contributed by atoms with van der Waals surface area (Å²) in [6, 6.07) is 16.8. The van der Waals surface area contributed by atoms with Gasteiger partial charge in [-0.05, 0) is 50.3 Å². The molecule has 1 fully saturated rings. The molecule has 2 aromatic rings. The maximum atomic E-state index is 14.3. The van der Waals surface area contributed by atoms with Crippen LogP contribution in [0.25, 0.3) is 0 Å². The Hall–Kier alpha value is -3.35. The summed E-state index contributed by atoms with van der Waals surface area (Å²) in [6.07, 6.45) is 0.833. The molecule has 0 radical (unpaired) electrons. The molecule has 2 aliphatic rings. The molecule has 1 saturated heterocycles. The van der Waals surface area contributed by atoms with E-state index in [9.17, 15) is 14.4 Å². The topological polar surface area (TPSA) is 76.2 Å². The maximum Gasteiger partial charge on any atom is 0.410 e. The van der Waals surface area contributed by atoms with Crippen molar-refractivity contribution in [1.29, 1.82) is 0 Å². The lowest BCUT2D eigenvalue weighted by atomic mass is 9.88. The largest absolute Gasteiger partial charge is 0.469 e.